The van der Waals surface area contributed by atoms with Crippen LogP contribution in [0.1, 0.15) is 56.0 Å². The van der Waals surface area contributed by atoms with Crippen molar-refractivity contribution in [2.45, 2.75) is 52.7 Å². The maximum absolute atomic E-state index is 12.5. The summed E-state index contributed by atoms with van der Waals surface area (Å²) in [7, 11) is 0. The molecule has 6 nitrogen and oxygen atoms in total. The third-order valence-corrected chi connectivity index (χ3v) is 6.16. The Morgan fingerprint density at radius 1 is 1.12 bits per heavy atom. The first-order valence-electron chi connectivity index (χ1n) is 11.3. The van der Waals surface area contributed by atoms with Crippen molar-refractivity contribution in [3.63, 3.8) is 0 Å². The Morgan fingerprint density at radius 2 is 1.88 bits per heavy atom. The molecule has 0 bridgehead atoms. The Hall–Kier alpha value is -2.86. The van der Waals surface area contributed by atoms with Crippen molar-refractivity contribution in [3.8, 4) is 5.75 Å². The summed E-state index contributed by atoms with van der Waals surface area (Å²) in [4.78, 5) is 23.4. The van der Waals surface area contributed by atoms with Crippen molar-refractivity contribution in [1.82, 2.24) is 0 Å². The van der Waals surface area contributed by atoms with Gasteiger partial charge in [0.25, 0.3) is 0 Å². The quantitative estimate of drug-likeness (QED) is 0.548. The van der Waals surface area contributed by atoms with Crippen LogP contribution < -0.4 is 10.1 Å². The number of carboxylic acids is 1. The lowest BCUT2D eigenvalue weighted by Crippen LogP contribution is -2.38. The minimum Gasteiger partial charge on any atom is -0.489 e. The lowest BCUT2D eigenvalue weighted by atomic mass is 9.72. The molecule has 3 rings (SSSR count). The van der Waals surface area contributed by atoms with Crippen molar-refractivity contribution in [1.29, 1.82) is 0 Å². The molecule has 6 heteroatoms. The van der Waals surface area contributed by atoms with Crippen molar-refractivity contribution >= 4 is 17.6 Å². The van der Waals surface area contributed by atoms with Crippen molar-refractivity contribution in [3.05, 3.63) is 59.7 Å². The molecule has 0 spiro atoms. The molecule has 2 N–H and O–H groups in total. The summed E-state index contributed by atoms with van der Waals surface area (Å²) in [5.41, 5.74) is 1.75. The number of anilines is 1. The van der Waals surface area contributed by atoms with Gasteiger partial charge in [0, 0.05) is 11.8 Å². The molecule has 32 heavy (non-hydrogen) atoms. The molecule has 2 aromatic rings. The van der Waals surface area contributed by atoms with Crippen LogP contribution in [0.5, 0.6) is 5.75 Å². The van der Waals surface area contributed by atoms with E-state index in [0.29, 0.717) is 35.8 Å². The van der Waals surface area contributed by atoms with Crippen molar-refractivity contribution in [2.75, 3.05) is 11.9 Å². The van der Waals surface area contributed by atoms with Gasteiger partial charge in [-0.2, -0.15) is 0 Å². The molecule has 3 atom stereocenters. The number of carbonyl (C=O) groups is 2. The Balaban J connectivity index is 1.50. The molecular formula is C26H33NO5. The fraction of sp³-hybridized carbons (Fsp3) is 0.462. The van der Waals surface area contributed by atoms with E-state index in [0.717, 1.165) is 18.4 Å². The van der Waals surface area contributed by atoms with Gasteiger partial charge in [0.05, 0.1) is 11.7 Å². The van der Waals surface area contributed by atoms with Gasteiger partial charge in [-0.05, 0) is 54.0 Å². The number of amides is 1. The Kier molecular flexibility index (Phi) is 8.28. The zero-order chi connectivity index (χ0) is 23.1. The van der Waals surface area contributed by atoms with Gasteiger partial charge in [-0.25, -0.2) is 4.79 Å². The second-order valence-electron chi connectivity index (χ2n) is 8.95. The monoisotopic (exact) mass is 439 g/mol. The Morgan fingerprint density at radius 3 is 2.56 bits per heavy atom. The number of aromatic carboxylic acids is 1. The van der Waals surface area contributed by atoms with E-state index < -0.39 is 5.97 Å². The fourth-order valence-corrected chi connectivity index (χ4v) is 4.63. The molecule has 3 unspecified atom stereocenters. The van der Waals surface area contributed by atoms with E-state index in [9.17, 15) is 9.59 Å². The number of rotatable bonds is 9. The van der Waals surface area contributed by atoms with Crippen LogP contribution in [0, 0.1) is 17.8 Å². The van der Waals surface area contributed by atoms with Gasteiger partial charge in [-0.15, -0.1) is 0 Å². The fourth-order valence-electron chi connectivity index (χ4n) is 4.63. The molecule has 1 saturated carbocycles. The Bertz CT molecular complexity index is 909. The molecular weight excluding hydrogens is 406 g/mol. The van der Waals surface area contributed by atoms with Gasteiger partial charge in [-0.3, -0.25) is 4.79 Å². The predicted octanol–water partition coefficient (Wildman–Crippen LogP) is 5.38. The number of carbonyl (C=O) groups excluding carboxylic acids is 1. The standard InChI is InChI=1S/C26H33NO5/c1-17(2)25-18(3)6-4-9-23(25)32-16-24(28)27-21-7-5-8-22(14-21)31-15-19-10-12-20(13-11-19)26(29)30/h5,7-8,10-14,17-18,23,25H,4,6,9,15-16H2,1-3H3,(H,27,28)(H,29,30). The minimum atomic E-state index is -0.956. The summed E-state index contributed by atoms with van der Waals surface area (Å²) < 4.78 is 11.8. The largest absolute Gasteiger partial charge is 0.489 e. The molecule has 0 radical (unpaired) electrons. The summed E-state index contributed by atoms with van der Waals surface area (Å²) >= 11 is 0. The highest BCUT2D eigenvalue weighted by Crippen LogP contribution is 2.36. The van der Waals surface area contributed by atoms with Gasteiger partial charge >= 0.3 is 5.97 Å². The highest BCUT2D eigenvalue weighted by molar-refractivity contribution is 5.91. The summed E-state index contributed by atoms with van der Waals surface area (Å²) in [5.74, 6) is 1.12. The second-order valence-corrected chi connectivity index (χ2v) is 8.95. The van der Waals surface area contributed by atoms with Gasteiger partial charge in [0.1, 0.15) is 19.0 Å². The van der Waals surface area contributed by atoms with Crippen LogP contribution >= 0.6 is 0 Å². The summed E-state index contributed by atoms with van der Waals surface area (Å²) in [6.45, 7) is 7.09. The van der Waals surface area contributed by atoms with Gasteiger partial charge in [-0.1, -0.05) is 51.8 Å². The molecule has 2 aromatic carbocycles. The van der Waals surface area contributed by atoms with Crippen LogP contribution in [0.4, 0.5) is 5.69 Å². The topological polar surface area (TPSA) is 84.9 Å². The molecule has 0 heterocycles. The number of hydrogen-bond acceptors (Lipinski definition) is 4. The molecule has 1 aliphatic carbocycles. The van der Waals surface area contributed by atoms with E-state index in [4.69, 9.17) is 14.6 Å². The normalized spacial score (nSPS) is 20.7. The molecule has 1 aliphatic rings. The first kappa shape index (κ1) is 23.8. The van der Waals surface area contributed by atoms with E-state index in [1.54, 1.807) is 30.3 Å². The molecule has 0 saturated heterocycles. The van der Waals surface area contributed by atoms with Crippen LogP contribution in [0.25, 0.3) is 0 Å². The maximum atomic E-state index is 12.5. The van der Waals surface area contributed by atoms with Crippen LogP contribution in [0.15, 0.2) is 48.5 Å². The van der Waals surface area contributed by atoms with Gasteiger partial charge in [0.15, 0.2) is 0 Å². The molecule has 172 valence electrons. The first-order valence-corrected chi connectivity index (χ1v) is 11.3. The third-order valence-electron chi connectivity index (χ3n) is 6.16. The van der Waals surface area contributed by atoms with E-state index >= 15 is 0 Å². The maximum Gasteiger partial charge on any atom is 0.335 e. The second kappa shape index (κ2) is 11.1. The lowest BCUT2D eigenvalue weighted by Gasteiger charge is -2.38. The number of carboxylic acid groups (broad SMARTS) is 1. The summed E-state index contributed by atoms with van der Waals surface area (Å²) in [6.07, 6.45) is 3.52. The number of hydrogen-bond donors (Lipinski definition) is 2. The summed E-state index contributed by atoms with van der Waals surface area (Å²) in [6, 6.07) is 13.8. The van der Waals surface area contributed by atoms with Crippen LogP contribution in [-0.2, 0) is 16.1 Å². The molecule has 1 amide bonds. The van der Waals surface area contributed by atoms with Gasteiger partial charge < -0.3 is 19.9 Å². The lowest BCUT2D eigenvalue weighted by molar-refractivity contribution is -0.126. The highest BCUT2D eigenvalue weighted by atomic mass is 16.5. The molecule has 1 fully saturated rings. The predicted molar refractivity (Wildman–Crippen MR) is 124 cm³/mol. The van der Waals surface area contributed by atoms with E-state index in [-0.39, 0.29) is 24.2 Å². The average molecular weight is 440 g/mol. The van der Waals surface area contributed by atoms with E-state index in [1.807, 2.05) is 18.2 Å². The number of nitrogens with one attached hydrogen (secondary N) is 1. The zero-order valence-corrected chi connectivity index (χ0v) is 19.0. The number of ether oxygens (including phenoxy) is 2. The van der Waals surface area contributed by atoms with E-state index in [1.165, 1.54) is 6.42 Å². The highest BCUT2D eigenvalue weighted by Gasteiger charge is 2.33. The number of benzene rings is 2. The van der Waals surface area contributed by atoms with Crippen LogP contribution in [0.3, 0.4) is 0 Å². The van der Waals surface area contributed by atoms with E-state index in [2.05, 4.69) is 26.1 Å². The first-order chi connectivity index (χ1) is 15.3. The van der Waals surface area contributed by atoms with Crippen molar-refractivity contribution < 1.29 is 24.2 Å². The van der Waals surface area contributed by atoms with Gasteiger partial charge in [0.2, 0.25) is 5.91 Å². The third kappa shape index (κ3) is 6.57. The zero-order valence-electron chi connectivity index (χ0n) is 19.0. The minimum absolute atomic E-state index is 0.0433. The SMILES string of the molecule is CC(C)C1C(C)CCCC1OCC(=O)Nc1cccc(OCc2ccc(C(=O)O)cc2)c1. The molecule has 0 aromatic heterocycles. The Labute approximate surface area is 189 Å². The molecule has 0 aliphatic heterocycles. The van der Waals surface area contributed by atoms with Crippen LogP contribution in [-0.4, -0.2) is 29.7 Å². The average Bonchev–Trinajstić information content (AvgIpc) is 2.76. The summed E-state index contributed by atoms with van der Waals surface area (Å²) in [5, 5.41) is 11.9. The van der Waals surface area contributed by atoms with Crippen molar-refractivity contribution in [2.24, 2.45) is 17.8 Å². The van der Waals surface area contributed by atoms with Crippen LogP contribution in [0.2, 0.25) is 0 Å². The smallest absolute Gasteiger partial charge is 0.335 e.